The van der Waals surface area contributed by atoms with Gasteiger partial charge < -0.3 is 10.3 Å². The molecule has 0 saturated carbocycles. The highest BCUT2D eigenvalue weighted by Gasteiger charge is 2.14. The SMILES string of the molecule is Nc1ccc(Br)c(-c2nc(-c3ccc(F)cn3)no2)c1. The second-order valence-electron chi connectivity index (χ2n) is 4.02. The number of hydrogen-bond acceptors (Lipinski definition) is 5. The number of halogens is 2. The maximum atomic E-state index is 12.8. The quantitative estimate of drug-likeness (QED) is 0.727. The third kappa shape index (κ3) is 2.39. The zero-order valence-electron chi connectivity index (χ0n) is 10.0. The fourth-order valence-electron chi connectivity index (χ4n) is 1.65. The molecule has 1 aromatic carbocycles. The number of pyridine rings is 1. The van der Waals surface area contributed by atoms with Crippen LogP contribution in [-0.2, 0) is 0 Å². The maximum absolute atomic E-state index is 12.8. The lowest BCUT2D eigenvalue weighted by Gasteiger charge is -1.99. The Morgan fingerprint density at radius 2 is 2.05 bits per heavy atom. The van der Waals surface area contributed by atoms with E-state index in [4.69, 9.17) is 10.3 Å². The van der Waals surface area contributed by atoms with Gasteiger partial charge in [-0.1, -0.05) is 5.16 Å². The molecule has 0 unspecified atom stereocenters. The standard InChI is InChI=1S/C13H8BrFN4O/c14-10-3-2-8(16)5-9(10)13-18-12(19-20-13)11-4-1-7(15)6-17-11/h1-6H,16H2. The van der Waals surface area contributed by atoms with Crippen LogP contribution in [0, 0.1) is 5.82 Å². The Kier molecular flexibility index (Phi) is 3.19. The summed E-state index contributed by atoms with van der Waals surface area (Å²) in [5.41, 5.74) is 7.44. The Balaban J connectivity index is 2.01. The van der Waals surface area contributed by atoms with Crippen LogP contribution in [0.25, 0.3) is 23.0 Å². The first-order chi connectivity index (χ1) is 9.63. The second kappa shape index (κ2) is 5.01. The summed E-state index contributed by atoms with van der Waals surface area (Å²) in [6.07, 6.45) is 1.10. The number of rotatable bonds is 2. The van der Waals surface area contributed by atoms with Gasteiger partial charge in [0, 0.05) is 10.2 Å². The van der Waals surface area contributed by atoms with Crippen LogP contribution in [0.15, 0.2) is 45.5 Å². The smallest absolute Gasteiger partial charge is 0.259 e. The van der Waals surface area contributed by atoms with Crippen LogP contribution < -0.4 is 5.73 Å². The van der Waals surface area contributed by atoms with Crippen molar-refractivity contribution in [2.45, 2.75) is 0 Å². The second-order valence-corrected chi connectivity index (χ2v) is 4.88. The average Bonchev–Trinajstić information content (AvgIpc) is 2.92. The van der Waals surface area contributed by atoms with Crippen molar-refractivity contribution in [2.75, 3.05) is 5.73 Å². The lowest BCUT2D eigenvalue weighted by molar-refractivity contribution is 0.432. The Hall–Kier alpha value is -2.28. The van der Waals surface area contributed by atoms with Crippen molar-refractivity contribution < 1.29 is 8.91 Å². The zero-order valence-corrected chi connectivity index (χ0v) is 11.6. The zero-order chi connectivity index (χ0) is 14.1. The molecule has 7 heteroatoms. The van der Waals surface area contributed by atoms with Crippen LogP contribution in [0.5, 0.6) is 0 Å². The Morgan fingerprint density at radius 1 is 1.20 bits per heavy atom. The molecule has 20 heavy (non-hydrogen) atoms. The molecule has 0 atom stereocenters. The molecule has 2 N–H and O–H groups in total. The average molecular weight is 335 g/mol. The topological polar surface area (TPSA) is 77.8 Å². The highest BCUT2D eigenvalue weighted by Crippen LogP contribution is 2.30. The normalized spacial score (nSPS) is 10.7. The van der Waals surface area contributed by atoms with Gasteiger partial charge in [-0.05, 0) is 46.3 Å². The van der Waals surface area contributed by atoms with E-state index >= 15 is 0 Å². The molecular weight excluding hydrogens is 327 g/mol. The maximum Gasteiger partial charge on any atom is 0.259 e. The van der Waals surface area contributed by atoms with Crippen molar-refractivity contribution in [3.8, 4) is 23.0 Å². The first-order valence-electron chi connectivity index (χ1n) is 5.64. The summed E-state index contributed by atoms with van der Waals surface area (Å²) >= 11 is 3.39. The molecule has 0 bridgehead atoms. The predicted molar refractivity (Wildman–Crippen MR) is 75.0 cm³/mol. The van der Waals surface area contributed by atoms with Gasteiger partial charge in [0.15, 0.2) is 0 Å². The molecule has 0 aliphatic heterocycles. The molecule has 0 aliphatic rings. The van der Waals surface area contributed by atoms with Gasteiger partial charge in [0.1, 0.15) is 11.5 Å². The number of hydrogen-bond donors (Lipinski definition) is 1. The predicted octanol–water partition coefficient (Wildman–Crippen LogP) is 3.28. The molecule has 0 aliphatic carbocycles. The largest absolute Gasteiger partial charge is 0.399 e. The van der Waals surface area contributed by atoms with E-state index < -0.39 is 5.82 Å². The summed E-state index contributed by atoms with van der Waals surface area (Å²) in [6, 6.07) is 8.05. The minimum Gasteiger partial charge on any atom is -0.399 e. The first kappa shape index (κ1) is 12.7. The van der Waals surface area contributed by atoms with E-state index in [1.807, 2.05) is 0 Å². The summed E-state index contributed by atoms with van der Waals surface area (Å²) in [5.74, 6) is 0.177. The molecule has 0 spiro atoms. The summed E-state index contributed by atoms with van der Waals surface area (Å²) in [4.78, 5) is 8.13. The molecule has 0 saturated heterocycles. The van der Waals surface area contributed by atoms with Gasteiger partial charge in [-0.25, -0.2) is 9.37 Å². The van der Waals surface area contributed by atoms with Crippen molar-refractivity contribution in [3.05, 3.63) is 46.8 Å². The highest BCUT2D eigenvalue weighted by molar-refractivity contribution is 9.10. The van der Waals surface area contributed by atoms with E-state index in [9.17, 15) is 4.39 Å². The molecule has 2 heterocycles. The van der Waals surface area contributed by atoms with E-state index in [1.54, 1.807) is 18.2 Å². The fraction of sp³-hybridized carbons (Fsp3) is 0. The third-order valence-electron chi connectivity index (χ3n) is 2.60. The van der Waals surface area contributed by atoms with Crippen LogP contribution in [0.4, 0.5) is 10.1 Å². The van der Waals surface area contributed by atoms with Crippen molar-refractivity contribution in [2.24, 2.45) is 0 Å². The van der Waals surface area contributed by atoms with Crippen LogP contribution in [0.1, 0.15) is 0 Å². The molecular formula is C13H8BrFN4O. The van der Waals surface area contributed by atoms with E-state index in [0.717, 1.165) is 10.7 Å². The van der Waals surface area contributed by atoms with E-state index in [-0.39, 0.29) is 5.82 Å². The highest BCUT2D eigenvalue weighted by atomic mass is 79.9. The summed E-state index contributed by atoms with van der Waals surface area (Å²) in [7, 11) is 0. The molecule has 0 radical (unpaired) electrons. The van der Waals surface area contributed by atoms with Gasteiger partial charge in [-0.15, -0.1) is 0 Å². The number of benzene rings is 1. The Morgan fingerprint density at radius 3 is 2.80 bits per heavy atom. The Labute approximate surface area is 121 Å². The van der Waals surface area contributed by atoms with Crippen molar-refractivity contribution in [1.29, 1.82) is 0 Å². The molecule has 100 valence electrons. The molecule has 0 amide bonds. The van der Waals surface area contributed by atoms with E-state index in [2.05, 4.69) is 31.1 Å². The fourth-order valence-corrected chi connectivity index (χ4v) is 2.07. The number of nitrogens with zero attached hydrogens (tertiary/aromatic N) is 3. The van der Waals surface area contributed by atoms with E-state index in [0.29, 0.717) is 22.8 Å². The monoisotopic (exact) mass is 334 g/mol. The molecule has 0 fully saturated rings. The summed E-state index contributed by atoms with van der Waals surface area (Å²) in [6.45, 7) is 0. The summed E-state index contributed by atoms with van der Waals surface area (Å²) < 4.78 is 18.8. The van der Waals surface area contributed by atoms with Gasteiger partial charge in [0.2, 0.25) is 5.82 Å². The van der Waals surface area contributed by atoms with Gasteiger partial charge >= 0.3 is 0 Å². The van der Waals surface area contributed by atoms with Crippen LogP contribution in [0.2, 0.25) is 0 Å². The third-order valence-corrected chi connectivity index (χ3v) is 3.29. The lowest BCUT2D eigenvalue weighted by Crippen LogP contribution is -1.88. The lowest BCUT2D eigenvalue weighted by atomic mass is 10.2. The van der Waals surface area contributed by atoms with Crippen molar-refractivity contribution in [3.63, 3.8) is 0 Å². The van der Waals surface area contributed by atoms with Crippen molar-refractivity contribution >= 4 is 21.6 Å². The number of nitrogens with two attached hydrogens (primary N) is 1. The first-order valence-corrected chi connectivity index (χ1v) is 6.44. The van der Waals surface area contributed by atoms with Crippen LogP contribution >= 0.6 is 15.9 Å². The molecule has 3 aromatic rings. The van der Waals surface area contributed by atoms with Gasteiger partial charge in [0.05, 0.1) is 11.8 Å². The Bertz CT molecular complexity index is 757. The number of aromatic nitrogens is 3. The molecule has 3 rings (SSSR count). The van der Waals surface area contributed by atoms with E-state index in [1.165, 1.54) is 12.1 Å². The molecule has 5 nitrogen and oxygen atoms in total. The van der Waals surface area contributed by atoms with Crippen LogP contribution in [-0.4, -0.2) is 15.1 Å². The van der Waals surface area contributed by atoms with Crippen molar-refractivity contribution in [1.82, 2.24) is 15.1 Å². The molecule has 2 aromatic heterocycles. The number of anilines is 1. The van der Waals surface area contributed by atoms with Gasteiger partial charge in [-0.2, -0.15) is 4.98 Å². The van der Waals surface area contributed by atoms with Gasteiger partial charge in [-0.3, -0.25) is 0 Å². The minimum absolute atomic E-state index is 0.286. The van der Waals surface area contributed by atoms with Crippen LogP contribution in [0.3, 0.4) is 0 Å². The minimum atomic E-state index is -0.420. The number of nitrogen functional groups attached to an aromatic ring is 1. The van der Waals surface area contributed by atoms with Gasteiger partial charge in [0.25, 0.3) is 5.89 Å². The summed E-state index contributed by atoms with van der Waals surface area (Å²) in [5, 5.41) is 3.83.